The molecule has 120 valence electrons. The Morgan fingerprint density at radius 1 is 1.43 bits per heavy atom. The second kappa shape index (κ2) is 6.36. The van der Waals surface area contributed by atoms with Crippen molar-refractivity contribution in [1.82, 2.24) is 14.7 Å². The predicted octanol–water partition coefficient (Wildman–Crippen LogP) is 2.10. The molecule has 0 spiro atoms. The van der Waals surface area contributed by atoms with Gasteiger partial charge in [0.2, 0.25) is 0 Å². The van der Waals surface area contributed by atoms with E-state index >= 15 is 0 Å². The highest BCUT2D eigenvalue weighted by atomic mass is 16.5. The summed E-state index contributed by atoms with van der Waals surface area (Å²) in [7, 11) is 5.73. The van der Waals surface area contributed by atoms with Crippen LogP contribution in [0.2, 0.25) is 0 Å². The van der Waals surface area contributed by atoms with Gasteiger partial charge < -0.3 is 14.7 Å². The number of likely N-dealkylation sites (N-methyl/N-ethyl adjacent to an activating group) is 1. The van der Waals surface area contributed by atoms with E-state index in [-0.39, 0.29) is 5.92 Å². The van der Waals surface area contributed by atoms with Crippen LogP contribution in [0, 0.1) is 11.8 Å². The smallest absolute Gasteiger partial charge is 0.162 e. The predicted molar refractivity (Wildman–Crippen MR) is 83.4 cm³/mol. The Bertz CT molecular complexity index is 472. The molecule has 2 rings (SSSR count). The Morgan fingerprint density at radius 3 is 2.76 bits per heavy atom. The topological polar surface area (TPSA) is 50.5 Å². The van der Waals surface area contributed by atoms with Crippen LogP contribution in [0.25, 0.3) is 0 Å². The molecule has 1 aliphatic rings. The zero-order chi connectivity index (χ0) is 15.6. The molecule has 3 atom stereocenters. The van der Waals surface area contributed by atoms with E-state index in [1.807, 2.05) is 18.8 Å². The summed E-state index contributed by atoms with van der Waals surface area (Å²) >= 11 is 0. The average Bonchev–Trinajstić information content (AvgIpc) is 2.84. The molecule has 1 saturated carbocycles. The minimum atomic E-state index is -0.841. The van der Waals surface area contributed by atoms with Crippen molar-refractivity contribution in [2.24, 2.45) is 11.8 Å². The van der Waals surface area contributed by atoms with Gasteiger partial charge in [-0.2, -0.15) is 5.10 Å². The van der Waals surface area contributed by atoms with Gasteiger partial charge in [0.25, 0.3) is 0 Å². The lowest BCUT2D eigenvalue weighted by Crippen LogP contribution is -2.41. The largest absolute Gasteiger partial charge is 0.493 e. The fourth-order valence-electron chi connectivity index (χ4n) is 3.36. The third-order valence-corrected chi connectivity index (χ3v) is 4.76. The van der Waals surface area contributed by atoms with Crippen LogP contribution in [0.15, 0.2) is 6.20 Å². The van der Waals surface area contributed by atoms with Crippen molar-refractivity contribution in [3.8, 4) is 5.75 Å². The van der Waals surface area contributed by atoms with Crippen molar-refractivity contribution in [3.63, 3.8) is 0 Å². The Balaban J connectivity index is 2.37. The maximum absolute atomic E-state index is 11.4. The number of aliphatic hydroxyl groups is 1. The lowest BCUT2D eigenvalue weighted by Gasteiger charge is -2.41. The van der Waals surface area contributed by atoms with Gasteiger partial charge in [-0.05, 0) is 38.8 Å². The maximum Gasteiger partial charge on any atom is 0.162 e. The van der Waals surface area contributed by atoms with Crippen molar-refractivity contribution in [2.45, 2.75) is 45.3 Å². The summed E-state index contributed by atoms with van der Waals surface area (Å²) in [6.45, 7) is 5.99. The number of nitrogens with zero attached hydrogens (tertiary/aromatic N) is 3. The molecule has 1 N–H and O–H groups in total. The standard InChI is InChI=1S/C16H29N3O2/c1-12-6-7-13(2)16(20,10-12)15-14(21-5)11-17-19(15)9-8-18(3)4/h11-13,20H,6-10H2,1-5H3. The molecule has 3 unspecified atom stereocenters. The van der Waals surface area contributed by atoms with Gasteiger partial charge in [-0.25, -0.2) is 0 Å². The molecule has 0 bridgehead atoms. The van der Waals surface area contributed by atoms with E-state index in [1.54, 1.807) is 13.3 Å². The summed E-state index contributed by atoms with van der Waals surface area (Å²) in [4.78, 5) is 2.12. The van der Waals surface area contributed by atoms with Gasteiger partial charge in [0.1, 0.15) is 11.3 Å². The first kappa shape index (κ1) is 16.3. The highest BCUT2D eigenvalue weighted by molar-refractivity contribution is 5.32. The lowest BCUT2D eigenvalue weighted by molar-refractivity contribution is -0.0709. The number of hydrogen-bond donors (Lipinski definition) is 1. The van der Waals surface area contributed by atoms with E-state index in [1.165, 1.54) is 6.42 Å². The molecule has 1 fully saturated rings. The van der Waals surface area contributed by atoms with Gasteiger partial charge in [0, 0.05) is 6.54 Å². The second-order valence-corrected chi connectivity index (χ2v) is 6.80. The molecular formula is C16H29N3O2. The molecule has 1 aromatic rings. The van der Waals surface area contributed by atoms with Crippen LogP contribution in [0.5, 0.6) is 5.75 Å². The van der Waals surface area contributed by atoms with E-state index in [9.17, 15) is 5.11 Å². The van der Waals surface area contributed by atoms with Gasteiger partial charge in [-0.15, -0.1) is 0 Å². The van der Waals surface area contributed by atoms with Crippen molar-refractivity contribution in [2.75, 3.05) is 27.7 Å². The minimum absolute atomic E-state index is 0.220. The zero-order valence-corrected chi connectivity index (χ0v) is 14.0. The van der Waals surface area contributed by atoms with Crippen LogP contribution in [0.1, 0.15) is 38.8 Å². The summed E-state index contributed by atoms with van der Waals surface area (Å²) in [6, 6.07) is 0. The van der Waals surface area contributed by atoms with E-state index in [0.29, 0.717) is 11.7 Å². The van der Waals surface area contributed by atoms with Gasteiger partial charge in [-0.1, -0.05) is 20.3 Å². The second-order valence-electron chi connectivity index (χ2n) is 6.80. The molecule has 5 heteroatoms. The lowest BCUT2D eigenvalue weighted by atomic mass is 9.70. The normalized spacial score (nSPS) is 29.9. The van der Waals surface area contributed by atoms with Crippen molar-refractivity contribution in [1.29, 1.82) is 0 Å². The van der Waals surface area contributed by atoms with Crippen LogP contribution in [-0.4, -0.2) is 47.5 Å². The fraction of sp³-hybridized carbons (Fsp3) is 0.812. The van der Waals surface area contributed by atoms with Crippen molar-refractivity contribution in [3.05, 3.63) is 11.9 Å². The highest BCUT2D eigenvalue weighted by Crippen LogP contribution is 2.46. The molecule has 0 aromatic carbocycles. The van der Waals surface area contributed by atoms with Gasteiger partial charge >= 0.3 is 0 Å². The van der Waals surface area contributed by atoms with Crippen LogP contribution >= 0.6 is 0 Å². The molecule has 5 nitrogen and oxygen atoms in total. The van der Waals surface area contributed by atoms with Crippen LogP contribution < -0.4 is 4.74 Å². The first-order valence-corrected chi connectivity index (χ1v) is 7.86. The van der Waals surface area contributed by atoms with Gasteiger partial charge in [0.15, 0.2) is 5.75 Å². The highest BCUT2D eigenvalue weighted by Gasteiger charge is 2.44. The van der Waals surface area contributed by atoms with E-state index < -0.39 is 5.60 Å². The average molecular weight is 295 g/mol. The maximum atomic E-state index is 11.4. The summed E-state index contributed by atoms with van der Waals surface area (Å²) in [5, 5.41) is 15.8. The first-order chi connectivity index (χ1) is 9.88. The molecule has 1 heterocycles. The van der Waals surface area contributed by atoms with Crippen molar-refractivity contribution >= 4 is 0 Å². The van der Waals surface area contributed by atoms with E-state index in [2.05, 4.69) is 23.8 Å². The zero-order valence-electron chi connectivity index (χ0n) is 14.0. The Hall–Kier alpha value is -1.07. The Labute approximate surface area is 127 Å². The molecule has 0 amide bonds. The van der Waals surface area contributed by atoms with E-state index in [0.717, 1.165) is 31.6 Å². The SMILES string of the molecule is COc1cnn(CCN(C)C)c1C1(O)CC(C)CCC1C. The fourth-order valence-corrected chi connectivity index (χ4v) is 3.36. The number of aromatic nitrogens is 2. The molecule has 1 aliphatic carbocycles. The third kappa shape index (κ3) is 3.24. The summed E-state index contributed by atoms with van der Waals surface area (Å²) in [5.41, 5.74) is 0.0112. The minimum Gasteiger partial charge on any atom is -0.493 e. The number of rotatable bonds is 5. The van der Waals surface area contributed by atoms with Crippen LogP contribution in [0.4, 0.5) is 0 Å². The summed E-state index contributed by atoms with van der Waals surface area (Å²) in [5.74, 6) is 1.45. The number of methoxy groups -OCH3 is 1. The summed E-state index contributed by atoms with van der Waals surface area (Å²) < 4.78 is 7.40. The quantitative estimate of drug-likeness (QED) is 0.904. The summed E-state index contributed by atoms with van der Waals surface area (Å²) in [6.07, 6.45) is 4.73. The monoisotopic (exact) mass is 295 g/mol. The van der Waals surface area contributed by atoms with E-state index in [4.69, 9.17) is 4.74 Å². The molecule has 0 saturated heterocycles. The van der Waals surface area contributed by atoms with Crippen LogP contribution in [0.3, 0.4) is 0 Å². The van der Waals surface area contributed by atoms with Gasteiger partial charge in [-0.3, -0.25) is 4.68 Å². The Kier molecular flexibility index (Phi) is 4.94. The van der Waals surface area contributed by atoms with Crippen LogP contribution in [-0.2, 0) is 12.1 Å². The molecular weight excluding hydrogens is 266 g/mol. The number of hydrogen-bond acceptors (Lipinski definition) is 4. The molecule has 21 heavy (non-hydrogen) atoms. The Morgan fingerprint density at radius 2 is 2.14 bits per heavy atom. The van der Waals surface area contributed by atoms with Gasteiger partial charge in [0.05, 0.1) is 19.9 Å². The molecule has 1 aromatic heterocycles. The third-order valence-electron chi connectivity index (χ3n) is 4.76. The number of ether oxygens (including phenoxy) is 1. The van der Waals surface area contributed by atoms with Crippen molar-refractivity contribution < 1.29 is 9.84 Å². The molecule has 0 radical (unpaired) electrons. The molecule has 0 aliphatic heterocycles. The first-order valence-electron chi connectivity index (χ1n) is 7.86.